The Morgan fingerprint density at radius 2 is 1.37 bits per heavy atom. The van der Waals surface area contributed by atoms with Crippen molar-refractivity contribution in [3.05, 3.63) is 96.1 Å². The number of aliphatic hydroxyl groups excluding tert-OH is 1. The summed E-state index contributed by atoms with van der Waals surface area (Å²) in [5, 5.41) is 13.2. The zero-order valence-corrected chi connectivity index (χ0v) is 15.5. The summed E-state index contributed by atoms with van der Waals surface area (Å²) in [7, 11) is 0. The summed E-state index contributed by atoms with van der Waals surface area (Å²) in [6.45, 7) is 1.84. The standard InChI is InChI=1S/C24H25NO2/c1-18(23(26)16-19-8-4-2-5-9-19)25-24(27)17-20-12-14-22(15-13-20)21-10-6-3-7-11-21/h2-15,18,23,26H,16-17H2,1H3,(H,25,27). The van der Waals surface area contributed by atoms with Crippen LogP contribution in [0.25, 0.3) is 11.1 Å². The molecule has 0 saturated heterocycles. The van der Waals surface area contributed by atoms with Crippen LogP contribution in [0, 0.1) is 0 Å². The highest BCUT2D eigenvalue weighted by Gasteiger charge is 2.17. The molecule has 3 rings (SSSR count). The van der Waals surface area contributed by atoms with Crippen molar-refractivity contribution >= 4 is 5.91 Å². The van der Waals surface area contributed by atoms with E-state index in [1.54, 1.807) is 0 Å². The molecule has 3 nitrogen and oxygen atoms in total. The third-order valence-corrected chi connectivity index (χ3v) is 4.68. The van der Waals surface area contributed by atoms with Crippen LogP contribution < -0.4 is 5.32 Å². The van der Waals surface area contributed by atoms with Gasteiger partial charge in [-0.1, -0.05) is 84.9 Å². The number of carbonyl (C=O) groups is 1. The summed E-state index contributed by atoms with van der Waals surface area (Å²) in [5.41, 5.74) is 4.30. The van der Waals surface area contributed by atoms with Crippen LogP contribution in [-0.4, -0.2) is 23.2 Å². The minimum absolute atomic E-state index is 0.0814. The molecule has 0 heterocycles. The number of nitrogens with one attached hydrogen (secondary N) is 1. The highest BCUT2D eigenvalue weighted by molar-refractivity contribution is 5.79. The van der Waals surface area contributed by atoms with E-state index in [2.05, 4.69) is 17.4 Å². The van der Waals surface area contributed by atoms with Crippen LogP contribution in [0.1, 0.15) is 18.1 Å². The lowest BCUT2D eigenvalue weighted by atomic mass is 10.0. The Balaban J connectivity index is 1.52. The quantitative estimate of drug-likeness (QED) is 0.670. The van der Waals surface area contributed by atoms with Crippen molar-refractivity contribution in [2.24, 2.45) is 0 Å². The van der Waals surface area contributed by atoms with Gasteiger partial charge in [0.1, 0.15) is 0 Å². The third kappa shape index (κ3) is 5.53. The van der Waals surface area contributed by atoms with Crippen molar-refractivity contribution in [2.75, 3.05) is 0 Å². The highest BCUT2D eigenvalue weighted by Crippen LogP contribution is 2.19. The van der Waals surface area contributed by atoms with Gasteiger partial charge in [-0.3, -0.25) is 4.79 Å². The van der Waals surface area contributed by atoms with Crippen molar-refractivity contribution in [3.63, 3.8) is 0 Å². The second-order valence-electron chi connectivity index (χ2n) is 6.85. The molecule has 27 heavy (non-hydrogen) atoms. The lowest BCUT2D eigenvalue weighted by Crippen LogP contribution is -2.42. The Bertz CT molecular complexity index is 845. The lowest BCUT2D eigenvalue weighted by molar-refractivity contribution is -0.121. The SMILES string of the molecule is CC(NC(=O)Cc1ccc(-c2ccccc2)cc1)C(O)Cc1ccccc1. The van der Waals surface area contributed by atoms with Crippen molar-refractivity contribution in [1.29, 1.82) is 0 Å². The Labute approximate surface area is 160 Å². The molecule has 0 bridgehead atoms. The maximum Gasteiger partial charge on any atom is 0.224 e. The van der Waals surface area contributed by atoms with Crippen LogP contribution in [0.5, 0.6) is 0 Å². The van der Waals surface area contributed by atoms with Gasteiger partial charge in [0.15, 0.2) is 0 Å². The summed E-state index contributed by atoms with van der Waals surface area (Å²) in [4.78, 5) is 12.3. The van der Waals surface area contributed by atoms with E-state index < -0.39 is 6.10 Å². The monoisotopic (exact) mass is 359 g/mol. The Hall–Kier alpha value is -2.91. The molecular formula is C24H25NO2. The molecule has 0 aliphatic heterocycles. The fourth-order valence-electron chi connectivity index (χ4n) is 3.06. The van der Waals surface area contributed by atoms with Crippen LogP contribution in [0.4, 0.5) is 0 Å². The van der Waals surface area contributed by atoms with Gasteiger partial charge in [-0.2, -0.15) is 0 Å². The first kappa shape index (κ1) is 18.9. The highest BCUT2D eigenvalue weighted by atomic mass is 16.3. The van der Waals surface area contributed by atoms with Gasteiger partial charge < -0.3 is 10.4 Å². The van der Waals surface area contributed by atoms with Gasteiger partial charge in [-0.05, 0) is 29.2 Å². The maximum absolute atomic E-state index is 12.3. The van der Waals surface area contributed by atoms with E-state index in [0.29, 0.717) is 12.8 Å². The Morgan fingerprint density at radius 1 is 0.815 bits per heavy atom. The van der Waals surface area contributed by atoms with Crippen LogP contribution in [-0.2, 0) is 17.6 Å². The van der Waals surface area contributed by atoms with Gasteiger partial charge in [0.25, 0.3) is 0 Å². The van der Waals surface area contributed by atoms with Gasteiger partial charge in [0, 0.05) is 6.42 Å². The van der Waals surface area contributed by atoms with E-state index in [0.717, 1.165) is 22.3 Å². The molecule has 2 N–H and O–H groups in total. The Kier molecular flexibility index (Phi) is 6.39. The summed E-state index contributed by atoms with van der Waals surface area (Å²) in [5.74, 6) is -0.0814. The van der Waals surface area contributed by atoms with E-state index in [1.807, 2.05) is 79.7 Å². The molecule has 0 aromatic heterocycles. The first-order valence-electron chi connectivity index (χ1n) is 9.27. The van der Waals surface area contributed by atoms with Gasteiger partial charge in [0.05, 0.1) is 18.6 Å². The first-order valence-corrected chi connectivity index (χ1v) is 9.27. The van der Waals surface area contributed by atoms with E-state index in [-0.39, 0.29) is 11.9 Å². The first-order chi connectivity index (χ1) is 13.1. The van der Waals surface area contributed by atoms with Crippen molar-refractivity contribution in [1.82, 2.24) is 5.32 Å². The number of aliphatic hydroxyl groups is 1. The molecule has 2 atom stereocenters. The summed E-state index contributed by atoms with van der Waals surface area (Å²) in [6.07, 6.45) is 0.211. The second kappa shape index (κ2) is 9.15. The fourth-order valence-corrected chi connectivity index (χ4v) is 3.06. The molecule has 3 heteroatoms. The van der Waals surface area contributed by atoms with E-state index in [9.17, 15) is 9.90 Å². The van der Waals surface area contributed by atoms with E-state index in [4.69, 9.17) is 0 Å². The predicted octanol–water partition coefficient (Wildman–Crippen LogP) is 4.00. The van der Waals surface area contributed by atoms with E-state index >= 15 is 0 Å². The van der Waals surface area contributed by atoms with Crippen molar-refractivity contribution in [3.8, 4) is 11.1 Å². The zero-order valence-electron chi connectivity index (χ0n) is 15.5. The summed E-state index contributed by atoms with van der Waals surface area (Å²) in [6, 6.07) is 27.7. The second-order valence-corrected chi connectivity index (χ2v) is 6.85. The van der Waals surface area contributed by atoms with Crippen LogP contribution >= 0.6 is 0 Å². The fraction of sp³-hybridized carbons (Fsp3) is 0.208. The molecule has 1 amide bonds. The summed E-state index contributed by atoms with van der Waals surface area (Å²) >= 11 is 0. The predicted molar refractivity (Wildman–Crippen MR) is 109 cm³/mol. The van der Waals surface area contributed by atoms with Gasteiger partial charge in [-0.15, -0.1) is 0 Å². The Morgan fingerprint density at radius 3 is 2.00 bits per heavy atom. The van der Waals surface area contributed by atoms with Crippen molar-refractivity contribution < 1.29 is 9.90 Å². The molecule has 3 aromatic carbocycles. The van der Waals surface area contributed by atoms with Crippen LogP contribution in [0.2, 0.25) is 0 Å². The van der Waals surface area contributed by atoms with Crippen LogP contribution in [0.15, 0.2) is 84.9 Å². The molecule has 0 fully saturated rings. The maximum atomic E-state index is 12.3. The number of carbonyl (C=O) groups excluding carboxylic acids is 1. The average Bonchev–Trinajstić information content (AvgIpc) is 2.70. The molecule has 138 valence electrons. The molecule has 0 radical (unpaired) electrons. The average molecular weight is 359 g/mol. The third-order valence-electron chi connectivity index (χ3n) is 4.68. The van der Waals surface area contributed by atoms with Gasteiger partial charge in [-0.25, -0.2) is 0 Å². The van der Waals surface area contributed by atoms with E-state index in [1.165, 1.54) is 0 Å². The summed E-state index contributed by atoms with van der Waals surface area (Å²) < 4.78 is 0. The largest absolute Gasteiger partial charge is 0.391 e. The van der Waals surface area contributed by atoms with Crippen LogP contribution in [0.3, 0.4) is 0 Å². The number of rotatable bonds is 7. The van der Waals surface area contributed by atoms with Gasteiger partial charge in [0.2, 0.25) is 5.91 Å². The molecule has 0 aliphatic carbocycles. The molecule has 3 aromatic rings. The number of hydrogen-bond acceptors (Lipinski definition) is 2. The molecular weight excluding hydrogens is 334 g/mol. The molecule has 0 aliphatic rings. The zero-order chi connectivity index (χ0) is 19.1. The normalized spacial score (nSPS) is 13.0. The van der Waals surface area contributed by atoms with Crippen molar-refractivity contribution in [2.45, 2.75) is 31.9 Å². The topological polar surface area (TPSA) is 49.3 Å². The minimum Gasteiger partial charge on any atom is -0.391 e. The number of amides is 1. The number of hydrogen-bond donors (Lipinski definition) is 2. The smallest absolute Gasteiger partial charge is 0.224 e. The molecule has 0 spiro atoms. The van der Waals surface area contributed by atoms with Gasteiger partial charge >= 0.3 is 0 Å². The number of benzene rings is 3. The minimum atomic E-state index is -0.614. The molecule has 2 unspecified atom stereocenters. The molecule has 0 saturated carbocycles. The lowest BCUT2D eigenvalue weighted by Gasteiger charge is -2.20.